The molecule has 1 atom stereocenters. The topological polar surface area (TPSA) is 27.0 Å². The van der Waals surface area contributed by atoms with Crippen molar-refractivity contribution in [1.82, 2.24) is 0 Å². The Morgan fingerprint density at radius 2 is 1.84 bits per heavy atom. The second-order valence-corrected chi connectivity index (χ2v) is 4.81. The number of hydrogen-bond donors (Lipinski definition) is 0. The van der Waals surface area contributed by atoms with Gasteiger partial charge in [0.25, 0.3) is 0 Å². The van der Waals surface area contributed by atoms with Crippen molar-refractivity contribution in [2.45, 2.75) is 12.8 Å². The van der Waals surface area contributed by atoms with Crippen molar-refractivity contribution < 1.29 is 0 Å². The standard InChI is InChI=1S/C17H18N2/c1-14-7-6-10-17(11-14)19(2)13-16(12-18)15-8-4-3-5-9-15/h3-11,16H,13H2,1-2H3. The molecule has 0 fully saturated rings. The summed E-state index contributed by atoms with van der Waals surface area (Å²) in [6.07, 6.45) is 0. The van der Waals surface area contributed by atoms with Gasteiger partial charge in [-0.15, -0.1) is 0 Å². The SMILES string of the molecule is Cc1cccc(N(C)CC(C#N)c2ccccc2)c1. The number of likely N-dealkylation sites (N-methyl/N-ethyl adjacent to an activating group) is 1. The van der Waals surface area contributed by atoms with Crippen LogP contribution >= 0.6 is 0 Å². The van der Waals surface area contributed by atoms with Crippen LogP contribution in [0.5, 0.6) is 0 Å². The van der Waals surface area contributed by atoms with Gasteiger partial charge >= 0.3 is 0 Å². The Bertz CT molecular complexity index is 569. The van der Waals surface area contributed by atoms with Crippen LogP contribution in [0.1, 0.15) is 17.0 Å². The van der Waals surface area contributed by atoms with Gasteiger partial charge in [0, 0.05) is 19.3 Å². The number of aryl methyl sites for hydroxylation is 1. The van der Waals surface area contributed by atoms with Crippen molar-refractivity contribution in [2.75, 3.05) is 18.5 Å². The van der Waals surface area contributed by atoms with Crippen molar-refractivity contribution in [3.8, 4) is 6.07 Å². The maximum atomic E-state index is 9.35. The Morgan fingerprint density at radius 1 is 1.11 bits per heavy atom. The second-order valence-electron chi connectivity index (χ2n) is 4.81. The summed E-state index contributed by atoms with van der Waals surface area (Å²) in [5, 5.41) is 9.35. The van der Waals surface area contributed by atoms with Gasteiger partial charge in [0.15, 0.2) is 0 Å². The quantitative estimate of drug-likeness (QED) is 0.826. The molecule has 1 unspecified atom stereocenters. The highest BCUT2D eigenvalue weighted by Crippen LogP contribution is 2.20. The van der Waals surface area contributed by atoms with Gasteiger partial charge in [-0.3, -0.25) is 0 Å². The van der Waals surface area contributed by atoms with Crippen LogP contribution in [0, 0.1) is 18.3 Å². The zero-order valence-electron chi connectivity index (χ0n) is 11.4. The zero-order chi connectivity index (χ0) is 13.7. The number of benzene rings is 2. The number of rotatable bonds is 4. The third-order valence-corrected chi connectivity index (χ3v) is 3.26. The van der Waals surface area contributed by atoms with Crippen molar-refractivity contribution in [3.63, 3.8) is 0 Å². The Balaban J connectivity index is 2.13. The largest absolute Gasteiger partial charge is 0.373 e. The molecular weight excluding hydrogens is 232 g/mol. The molecule has 0 aromatic heterocycles. The predicted molar refractivity (Wildman–Crippen MR) is 79.2 cm³/mol. The highest BCUT2D eigenvalue weighted by atomic mass is 15.1. The fourth-order valence-electron chi connectivity index (χ4n) is 2.15. The van der Waals surface area contributed by atoms with Gasteiger partial charge in [-0.1, -0.05) is 42.5 Å². The lowest BCUT2D eigenvalue weighted by Gasteiger charge is -2.22. The van der Waals surface area contributed by atoms with Gasteiger partial charge in [-0.2, -0.15) is 5.26 Å². The molecule has 0 saturated carbocycles. The lowest BCUT2D eigenvalue weighted by atomic mass is 10.00. The monoisotopic (exact) mass is 250 g/mol. The Labute approximate surface area is 114 Å². The van der Waals surface area contributed by atoms with Gasteiger partial charge in [0.1, 0.15) is 0 Å². The van der Waals surface area contributed by atoms with Gasteiger partial charge in [-0.25, -0.2) is 0 Å². The average Bonchev–Trinajstić information content (AvgIpc) is 2.45. The van der Waals surface area contributed by atoms with Gasteiger partial charge in [-0.05, 0) is 30.2 Å². The first-order valence-electron chi connectivity index (χ1n) is 6.43. The second kappa shape index (κ2) is 6.06. The van der Waals surface area contributed by atoms with Crippen LogP contribution in [0.25, 0.3) is 0 Å². The molecular formula is C17H18N2. The molecule has 0 aliphatic rings. The zero-order valence-corrected chi connectivity index (χ0v) is 11.4. The highest BCUT2D eigenvalue weighted by molar-refractivity contribution is 5.48. The normalized spacial score (nSPS) is 11.6. The minimum absolute atomic E-state index is 0.105. The van der Waals surface area contributed by atoms with E-state index in [1.54, 1.807) is 0 Å². The Kier molecular flexibility index (Phi) is 4.20. The Morgan fingerprint density at radius 3 is 2.47 bits per heavy atom. The first kappa shape index (κ1) is 13.2. The molecule has 2 aromatic rings. The molecule has 0 saturated heterocycles. The van der Waals surface area contributed by atoms with Crippen LogP contribution in [-0.4, -0.2) is 13.6 Å². The first-order valence-corrected chi connectivity index (χ1v) is 6.43. The van der Waals surface area contributed by atoms with E-state index >= 15 is 0 Å². The molecule has 0 aliphatic heterocycles. The van der Waals surface area contributed by atoms with Crippen LogP contribution in [0.4, 0.5) is 5.69 Å². The summed E-state index contributed by atoms with van der Waals surface area (Å²) in [5.74, 6) is -0.105. The third kappa shape index (κ3) is 3.35. The third-order valence-electron chi connectivity index (χ3n) is 3.26. The predicted octanol–water partition coefficient (Wildman–Crippen LogP) is 3.74. The van der Waals surface area contributed by atoms with Crippen LogP contribution in [-0.2, 0) is 0 Å². The molecule has 96 valence electrons. The van der Waals surface area contributed by atoms with Crippen LogP contribution < -0.4 is 4.90 Å². The summed E-state index contributed by atoms with van der Waals surface area (Å²) in [5.41, 5.74) is 3.46. The van der Waals surface area contributed by atoms with Crippen molar-refractivity contribution in [1.29, 1.82) is 5.26 Å². The van der Waals surface area contributed by atoms with Gasteiger partial charge in [0.05, 0.1) is 12.0 Å². The van der Waals surface area contributed by atoms with Crippen molar-refractivity contribution in [3.05, 3.63) is 65.7 Å². The van der Waals surface area contributed by atoms with E-state index in [1.807, 2.05) is 43.4 Å². The summed E-state index contributed by atoms with van der Waals surface area (Å²) >= 11 is 0. The van der Waals surface area contributed by atoms with E-state index in [1.165, 1.54) is 5.56 Å². The lowest BCUT2D eigenvalue weighted by molar-refractivity contribution is 0.803. The summed E-state index contributed by atoms with van der Waals surface area (Å²) in [6, 6.07) is 20.7. The lowest BCUT2D eigenvalue weighted by Crippen LogP contribution is -2.23. The van der Waals surface area contributed by atoms with Crippen LogP contribution in [0.2, 0.25) is 0 Å². The van der Waals surface area contributed by atoms with E-state index in [9.17, 15) is 5.26 Å². The number of anilines is 1. The van der Waals surface area contributed by atoms with E-state index in [-0.39, 0.29) is 5.92 Å². The van der Waals surface area contributed by atoms with E-state index in [2.05, 4.69) is 36.1 Å². The maximum Gasteiger partial charge on any atom is 0.0887 e. The van der Waals surface area contributed by atoms with Crippen LogP contribution in [0.15, 0.2) is 54.6 Å². The minimum atomic E-state index is -0.105. The van der Waals surface area contributed by atoms with E-state index in [4.69, 9.17) is 0 Å². The fourth-order valence-corrected chi connectivity index (χ4v) is 2.15. The molecule has 0 heterocycles. The maximum absolute atomic E-state index is 9.35. The summed E-state index contributed by atoms with van der Waals surface area (Å²) < 4.78 is 0. The molecule has 2 heteroatoms. The van der Waals surface area contributed by atoms with Crippen molar-refractivity contribution >= 4 is 5.69 Å². The Hall–Kier alpha value is -2.27. The molecule has 0 amide bonds. The molecule has 0 radical (unpaired) electrons. The molecule has 2 nitrogen and oxygen atoms in total. The summed E-state index contributed by atoms with van der Waals surface area (Å²) in [4.78, 5) is 2.13. The molecule has 19 heavy (non-hydrogen) atoms. The molecule has 2 rings (SSSR count). The van der Waals surface area contributed by atoms with E-state index in [0.29, 0.717) is 6.54 Å². The first-order chi connectivity index (χ1) is 9.20. The highest BCUT2D eigenvalue weighted by Gasteiger charge is 2.13. The molecule has 0 bridgehead atoms. The van der Waals surface area contributed by atoms with Gasteiger partial charge in [0.2, 0.25) is 0 Å². The number of nitrogens with zero attached hydrogens (tertiary/aromatic N) is 2. The fraction of sp³-hybridized carbons (Fsp3) is 0.235. The van der Waals surface area contributed by atoms with Crippen molar-refractivity contribution in [2.24, 2.45) is 0 Å². The summed E-state index contributed by atoms with van der Waals surface area (Å²) in [7, 11) is 2.03. The molecule has 0 N–H and O–H groups in total. The summed E-state index contributed by atoms with van der Waals surface area (Å²) in [6.45, 7) is 2.78. The molecule has 0 aliphatic carbocycles. The molecule has 0 spiro atoms. The van der Waals surface area contributed by atoms with Crippen LogP contribution in [0.3, 0.4) is 0 Å². The average molecular weight is 250 g/mol. The number of nitriles is 1. The number of hydrogen-bond acceptors (Lipinski definition) is 2. The smallest absolute Gasteiger partial charge is 0.0887 e. The minimum Gasteiger partial charge on any atom is -0.373 e. The van der Waals surface area contributed by atoms with E-state index in [0.717, 1.165) is 11.3 Å². The molecule has 2 aromatic carbocycles. The van der Waals surface area contributed by atoms with Gasteiger partial charge < -0.3 is 4.90 Å². The van der Waals surface area contributed by atoms with E-state index < -0.39 is 0 Å².